The number of rotatable bonds is 2. The van der Waals surface area contributed by atoms with E-state index in [1.54, 1.807) is 21.9 Å². The van der Waals surface area contributed by atoms with Gasteiger partial charge in [0.1, 0.15) is 5.69 Å². The molecule has 1 aromatic carbocycles. The minimum absolute atomic E-state index is 0.0549. The fourth-order valence-electron chi connectivity index (χ4n) is 3.44. The number of benzene rings is 1. The second-order valence-corrected chi connectivity index (χ2v) is 7.13. The van der Waals surface area contributed by atoms with Gasteiger partial charge in [0.2, 0.25) is 0 Å². The van der Waals surface area contributed by atoms with Crippen LogP contribution in [0.3, 0.4) is 0 Å². The van der Waals surface area contributed by atoms with Crippen LogP contribution < -0.4 is 0 Å². The second-order valence-electron chi connectivity index (χ2n) is 7.13. The molecule has 148 valence electrons. The van der Waals surface area contributed by atoms with Gasteiger partial charge in [0.05, 0.1) is 28.6 Å². The van der Waals surface area contributed by atoms with Crippen LogP contribution in [0, 0.1) is 13.8 Å². The van der Waals surface area contributed by atoms with Crippen LogP contribution in [0.15, 0.2) is 36.8 Å². The monoisotopic (exact) mass is 390 g/mol. The average molecular weight is 390 g/mol. The van der Waals surface area contributed by atoms with Gasteiger partial charge in [0.15, 0.2) is 0 Å². The number of hydrogen-bond donors (Lipinski definition) is 0. The summed E-state index contributed by atoms with van der Waals surface area (Å²) in [7, 11) is 0. The summed E-state index contributed by atoms with van der Waals surface area (Å²) in [5, 5.41) is 0. The fourth-order valence-corrected chi connectivity index (χ4v) is 3.44. The van der Waals surface area contributed by atoms with E-state index in [0.717, 1.165) is 16.9 Å². The zero-order valence-corrected chi connectivity index (χ0v) is 16.5. The van der Waals surface area contributed by atoms with Gasteiger partial charge >= 0.3 is 0 Å². The van der Waals surface area contributed by atoms with Crippen LogP contribution in [-0.4, -0.2) is 67.7 Å². The number of fused-ring (bicyclic) bond motifs is 1. The molecule has 1 aliphatic rings. The van der Waals surface area contributed by atoms with Crippen molar-refractivity contribution in [1.82, 2.24) is 29.7 Å². The van der Waals surface area contributed by atoms with E-state index in [1.807, 2.05) is 19.9 Å². The van der Waals surface area contributed by atoms with Crippen LogP contribution in [0.4, 0.5) is 0 Å². The molecule has 0 saturated carbocycles. The first-order chi connectivity index (χ1) is 14.0. The molecule has 1 aliphatic heterocycles. The van der Waals surface area contributed by atoms with E-state index >= 15 is 0 Å². The lowest BCUT2D eigenvalue weighted by atomic mass is 10.1. The van der Waals surface area contributed by atoms with Gasteiger partial charge in [-0.1, -0.05) is 0 Å². The quantitative estimate of drug-likeness (QED) is 0.665. The van der Waals surface area contributed by atoms with E-state index in [2.05, 4.69) is 19.9 Å². The van der Waals surface area contributed by atoms with Crippen molar-refractivity contribution in [2.45, 2.75) is 20.3 Å². The van der Waals surface area contributed by atoms with Gasteiger partial charge in [-0.3, -0.25) is 14.6 Å². The molecular weight excluding hydrogens is 368 g/mol. The smallest absolute Gasteiger partial charge is 0.274 e. The third kappa shape index (κ3) is 3.91. The highest BCUT2D eigenvalue weighted by Gasteiger charge is 2.24. The van der Waals surface area contributed by atoms with E-state index in [0.29, 0.717) is 49.4 Å². The number of aromatic nitrogens is 4. The Hall–Kier alpha value is -3.42. The van der Waals surface area contributed by atoms with Crippen LogP contribution in [-0.2, 0) is 0 Å². The zero-order chi connectivity index (χ0) is 20.4. The molecule has 0 spiro atoms. The predicted octanol–water partition coefficient (Wildman–Crippen LogP) is 2.02. The van der Waals surface area contributed by atoms with Gasteiger partial charge < -0.3 is 9.80 Å². The molecule has 8 heteroatoms. The summed E-state index contributed by atoms with van der Waals surface area (Å²) in [4.78, 5) is 46.3. The summed E-state index contributed by atoms with van der Waals surface area (Å²) in [6, 6.07) is 5.43. The van der Waals surface area contributed by atoms with E-state index in [-0.39, 0.29) is 11.8 Å². The topological polar surface area (TPSA) is 92.2 Å². The lowest BCUT2D eigenvalue weighted by molar-refractivity contribution is 0.0715. The Morgan fingerprint density at radius 1 is 0.862 bits per heavy atom. The molecule has 4 rings (SSSR count). The van der Waals surface area contributed by atoms with Gasteiger partial charge in [-0.2, -0.15) is 0 Å². The standard InChI is InChI=1S/C21H22N6O2/c1-14-15(2)25-18-12-16(4-5-17(18)24-14)20(28)26-8-3-9-27(11-10-26)21(29)19-13-22-6-7-23-19/h4-7,12-13H,3,8-11H2,1-2H3. The highest BCUT2D eigenvalue weighted by Crippen LogP contribution is 2.17. The van der Waals surface area contributed by atoms with Crippen molar-refractivity contribution < 1.29 is 9.59 Å². The molecule has 0 unspecified atom stereocenters. The third-order valence-corrected chi connectivity index (χ3v) is 5.17. The molecular formula is C21H22N6O2. The van der Waals surface area contributed by atoms with Crippen molar-refractivity contribution >= 4 is 22.8 Å². The first kappa shape index (κ1) is 18.9. The third-order valence-electron chi connectivity index (χ3n) is 5.17. The Morgan fingerprint density at radius 2 is 1.55 bits per heavy atom. The zero-order valence-electron chi connectivity index (χ0n) is 16.5. The van der Waals surface area contributed by atoms with Gasteiger partial charge in [0.25, 0.3) is 11.8 Å². The summed E-state index contributed by atoms with van der Waals surface area (Å²) >= 11 is 0. The van der Waals surface area contributed by atoms with Crippen LogP contribution in [0.5, 0.6) is 0 Å². The first-order valence-corrected chi connectivity index (χ1v) is 9.62. The molecule has 0 aliphatic carbocycles. The summed E-state index contributed by atoms with van der Waals surface area (Å²) in [6.45, 7) is 5.95. The molecule has 29 heavy (non-hydrogen) atoms. The van der Waals surface area contributed by atoms with Crippen molar-refractivity contribution in [3.8, 4) is 0 Å². The Kier molecular flexibility index (Phi) is 5.16. The number of nitrogens with zero attached hydrogens (tertiary/aromatic N) is 6. The largest absolute Gasteiger partial charge is 0.337 e. The minimum atomic E-state index is -0.153. The first-order valence-electron chi connectivity index (χ1n) is 9.62. The van der Waals surface area contributed by atoms with Crippen molar-refractivity contribution in [3.05, 3.63) is 59.4 Å². The summed E-state index contributed by atoms with van der Waals surface area (Å²) in [6.07, 6.45) is 5.22. The van der Waals surface area contributed by atoms with Crippen LogP contribution >= 0.6 is 0 Å². The maximum Gasteiger partial charge on any atom is 0.274 e. The van der Waals surface area contributed by atoms with E-state index < -0.39 is 0 Å². The molecule has 2 aromatic heterocycles. The minimum Gasteiger partial charge on any atom is -0.337 e. The molecule has 8 nitrogen and oxygen atoms in total. The molecule has 3 heterocycles. The Bertz CT molecular complexity index is 1070. The molecule has 1 saturated heterocycles. The van der Waals surface area contributed by atoms with Crippen molar-refractivity contribution in [2.75, 3.05) is 26.2 Å². The summed E-state index contributed by atoms with van der Waals surface area (Å²) in [5.41, 5.74) is 4.15. The average Bonchev–Trinajstić information content (AvgIpc) is 3.00. The SMILES string of the molecule is Cc1nc2ccc(C(=O)N3CCCN(C(=O)c4cnccn4)CC3)cc2nc1C. The van der Waals surface area contributed by atoms with Crippen LogP contribution in [0.1, 0.15) is 38.7 Å². The highest BCUT2D eigenvalue weighted by atomic mass is 16.2. The maximum atomic E-state index is 13.0. The van der Waals surface area contributed by atoms with Gasteiger partial charge in [-0.05, 0) is 38.5 Å². The molecule has 2 amide bonds. The van der Waals surface area contributed by atoms with Gasteiger partial charge in [0, 0.05) is 44.1 Å². The molecule has 1 fully saturated rings. The van der Waals surface area contributed by atoms with Crippen molar-refractivity contribution in [1.29, 1.82) is 0 Å². The van der Waals surface area contributed by atoms with Gasteiger partial charge in [-0.25, -0.2) is 15.0 Å². The van der Waals surface area contributed by atoms with Crippen LogP contribution in [0.2, 0.25) is 0 Å². The predicted molar refractivity (Wildman–Crippen MR) is 107 cm³/mol. The second kappa shape index (κ2) is 7.90. The number of hydrogen-bond acceptors (Lipinski definition) is 6. The summed E-state index contributed by atoms with van der Waals surface area (Å²) < 4.78 is 0. The van der Waals surface area contributed by atoms with Crippen molar-refractivity contribution in [3.63, 3.8) is 0 Å². The van der Waals surface area contributed by atoms with Crippen molar-refractivity contribution in [2.24, 2.45) is 0 Å². The number of aryl methyl sites for hydroxylation is 2. The molecule has 0 atom stereocenters. The Balaban J connectivity index is 1.49. The Morgan fingerprint density at radius 3 is 2.24 bits per heavy atom. The van der Waals surface area contributed by atoms with E-state index in [9.17, 15) is 9.59 Å². The van der Waals surface area contributed by atoms with Crippen LogP contribution in [0.25, 0.3) is 11.0 Å². The molecule has 0 N–H and O–H groups in total. The molecule has 0 bridgehead atoms. The lowest BCUT2D eigenvalue weighted by Crippen LogP contribution is -2.37. The lowest BCUT2D eigenvalue weighted by Gasteiger charge is -2.22. The Labute approximate surface area is 168 Å². The van der Waals surface area contributed by atoms with E-state index in [4.69, 9.17) is 0 Å². The normalized spacial score (nSPS) is 14.7. The number of carbonyl (C=O) groups excluding carboxylic acids is 2. The van der Waals surface area contributed by atoms with Gasteiger partial charge in [-0.15, -0.1) is 0 Å². The summed E-state index contributed by atoms with van der Waals surface area (Å²) in [5.74, 6) is -0.208. The number of carbonyl (C=O) groups is 2. The fraction of sp³-hybridized carbons (Fsp3) is 0.333. The van der Waals surface area contributed by atoms with E-state index in [1.165, 1.54) is 18.6 Å². The highest BCUT2D eigenvalue weighted by molar-refractivity contribution is 5.97. The molecule has 3 aromatic rings. The molecule has 0 radical (unpaired) electrons. The number of amides is 2. The maximum absolute atomic E-state index is 13.0.